The van der Waals surface area contributed by atoms with Gasteiger partial charge in [0.15, 0.2) is 0 Å². The second-order valence-corrected chi connectivity index (χ2v) is 3.16. The Morgan fingerprint density at radius 3 is 2.40 bits per heavy atom. The highest BCUT2D eigenvalue weighted by atomic mass is 16.5. The molecule has 5 nitrogen and oxygen atoms in total. The SMILES string of the molecule is COC(=O)C[C@H](CC(=O)O)n1cccc1. The first-order valence-corrected chi connectivity index (χ1v) is 4.54. The van der Waals surface area contributed by atoms with Gasteiger partial charge in [-0.3, -0.25) is 9.59 Å². The van der Waals surface area contributed by atoms with Crippen molar-refractivity contribution < 1.29 is 19.4 Å². The van der Waals surface area contributed by atoms with Crippen molar-refractivity contribution in [2.75, 3.05) is 7.11 Å². The van der Waals surface area contributed by atoms with Gasteiger partial charge in [0.1, 0.15) is 0 Å². The fourth-order valence-electron chi connectivity index (χ4n) is 1.35. The van der Waals surface area contributed by atoms with Crippen LogP contribution in [0.15, 0.2) is 24.5 Å². The summed E-state index contributed by atoms with van der Waals surface area (Å²) in [6, 6.07) is 3.18. The maximum Gasteiger partial charge on any atom is 0.307 e. The van der Waals surface area contributed by atoms with Gasteiger partial charge in [0.25, 0.3) is 0 Å². The van der Waals surface area contributed by atoms with E-state index in [1.54, 1.807) is 29.1 Å². The number of esters is 1. The molecule has 0 amide bonds. The zero-order valence-corrected chi connectivity index (χ0v) is 8.42. The lowest BCUT2D eigenvalue weighted by Gasteiger charge is -2.15. The number of carboxylic acids is 1. The van der Waals surface area contributed by atoms with Crippen molar-refractivity contribution in [3.63, 3.8) is 0 Å². The van der Waals surface area contributed by atoms with Crippen LogP contribution in [0, 0.1) is 0 Å². The second-order valence-electron chi connectivity index (χ2n) is 3.16. The highest BCUT2D eigenvalue weighted by molar-refractivity contribution is 5.72. The molecule has 1 aromatic heterocycles. The minimum atomic E-state index is -0.933. The van der Waals surface area contributed by atoms with Gasteiger partial charge in [-0.15, -0.1) is 0 Å². The summed E-state index contributed by atoms with van der Waals surface area (Å²) in [4.78, 5) is 21.7. The van der Waals surface area contributed by atoms with Gasteiger partial charge in [0.2, 0.25) is 0 Å². The van der Waals surface area contributed by atoms with E-state index < -0.39 is 11.9 Å². The average molecular weight is 211 g/mol. The van der Waals surface area contributed by atoms with Gasteiger partial charge in [-0.25, -0.2) is 0 Å². The van der Waals surface area contributed by atoms with Crippen LogP contribution in [-0.2, 0) is 14.3 Å². The molecule has 1 atom stereocenters. The van der Waals surface area contributed by atoms with Gasteiger partial charge in [0.05, 0.1) is 26.0 Å². The van der Waals surface area contributed by atoms with E-state index in [9.17, 15) is 9.59 Å². The molecule has 5 heteroatoms. The third-order valence-corrected chi connectivity index (χ3v) is 2.09. The molecule has 1 N–H and O–H groups in total. The van der Waals surface area contributed by atoms with Crippen molar-refractivity contribution in [2.45, 2.75) is 18.9 Å². The molecular weight excluding hydrogens is 198 g/mol. The molecule has 0 bridgehead atoms. The lowest BCUT2D eigenvalue weighted by molar-refractivity contribution is -0.142. The van der Waals surface area contributed by atoms with Gasteiger partial charge >= 0.3 is 11.9 Å². The lowest BCUT2D eigenvalue weighted by Crippen LogP contribution is -2.17. The molecule has 0 aliphatic heterocycles. The maximum absolute atomic E-state index is 11.1. The summed E-state index contributed by atoms with van der Waals surface area (Å²) in [6.07, 6.45) is 3.44. The topological polar surface area (TPSA) is 68.5 Å². The number of aromatic nitrogens is 1. The van der Waals surface area contributed by atoms with Crippen LogP contribution in [0.3, 0.4) is 0 Å². The first-order chi connectivity index (χ1) is 7.13. The third kappa shape index (κ3) is 3.46. The van der Waals surface area contributed by atoms with Crippen LogP contribution in [0.4, 0.5) is 0 Å². The van der Waals surface area contributed by atoms with Crippen molar-refractivity contribution in [3.05, 3.63) is 24.5 Å². The summed E-state index contributed by atoms with van der Waals surface area (Å²) in [5, 5.41) is 8.70. The van der Waals surface area contributed by atoms with Gasteiger partial charge < -0.3 is 14.4 Å². The number of carboxylic acid groups (broad SMARTS) is 1. The van der Waals surface area contributed by atoms with Crippen molar-refractivity contribution in [1.29, 1.82) is 0 Å². The van der Waals surface area contributed by atoms with Crippen LogP contribution in [0.2, 0.25) is 0 Å². The molecule has 15 heavy (non-hydrogen) atoms. The smallest absolute Gasteiger partial charge is 0.307 e. The van der Waals surface area contributed by atoms with E-state index in [0.29, 0.717) is 0 Å². The Labute approximate surface area is 87.3 Å². The normalized spacial score (nSPS) is 12.1. The average Bonchev–Trinajstić information content (AvgIpc) is 2.68. The van der Waals surface area contributed by atoms with Gasteiger partial charge in [-0.1, -0.05) is 0 Å². The maximum atomic E-state index is 11.1. The van der Waals surface area contributed by atoms with E-state index in [0.717, 1.165) is 0 Å². The number of carbonyl (C=O) groups excluding carboxylic acids is 1. The van der Waals surface area contributed by atoms with E-state index in [4.69, 9.17) is 5.11 Å². The molecule has 0 aliphatic rings. The molecule has 0 spiro atoms. The van der Waals surface area contributed by atoms with Gasteiger partial charge in [-0.05, 0) is 12.1 Å². The number of carbonyl (C=O) groups is 2. The Kier molecular flexibility index (Phi) is 3.91. The van der Waals surface area contributed by atoms with Crippen LogP contribution in [0.25, 0.3) is 0 Å². The molecule has 82 valence electrons. The molecule has 1 heterocycles. The molecule has 0 unspecified atom stereocenters. The monoisotopic (exact) mass is 211 g/mol. The van der Waals surface area contributed by atoms with Crippen LogP contribution < -0.4 is 0 Å². The Balaban J connectivity index is 2.70. The largest absolute Gasteiger partial charge is 0.481 e. The van der Waals surface area contributed by atoms with E-state index in [-0.39, 0.29) is 18.9 Å². The molecule has 0 saturated carbocycles. The highest BCUT2D eigenvalue weighted by Crippen LogP contribution is 2.16. The number of nitrogens with zero attached hydrogens (tertiary/aromatic N) is 1. The fraction of sp³-hybridized carbons (Fsp3) is 0.400. The van der Waals surface area contributed by atoms with Crippen LogP contribution >= 0.6 is 0 Å². The van der Waals surface area contributed by atoms with Crippen molar-refractivity contribution in [2.24, 2.45) is 0 Å². The Bertz CT molecular complexity index is 331. The third-order valence-electron chi connectivity index (χ3n) is 2.09. The Morgan fingerprint density at radius 1 is 1.33 bits per heavy atom. The van der Waals surface area contributed by atoms with E-state index >= 15 is 0 Å². The standard InChI is InChI=1S/C10H13NO4/c1-15-10(14)7-8(6-9(12)13)11-4-2-3-5-11/h2-5,8H,6-7H2,1H3,(H,12,13)/t8-/m0/s1. The Morgan fingerprint density at radius 2 is 1.93 bits per heavy atom. The second kappa shape index (κ2) is 5.19. The lowest BCUT2D eigenvalue weighted by atomic mass is 10.1. The minimum absolute atomic E-state index is 0.0669. The van der Waals surface area contributed by atoms with E-state index in [1.807, 2.05) is 0 Å². The molecule has 1 rings (SSSR count). The zero-order chi connectivity index (χ0) is 11.3. The van der Waals surface area contributed by atoms with Crippen molar-refractivity contribution in [1.82, 2.24) is 4.57 Å². The number of rotatable bonds is 5. The molecule has 0 saturated heterocycles. The van der Waals surface area contributed by atoms with Gasteiger partial charge in [0, 0.05) is 12.4 Å². The van der Waals surface area contributed by atoms with E-state index in [2.05, 4.69) is 4.74 Å². The minimum Gasteiger partial charge on any atom is -0.481 e. The van der Waals surface area contributed by atoms with Crippen molar-refractivity contribution >= 4 is 11.9 Å². The summed E-state index contributed by atoms with van der Waals surface area (Å²) in [5.74, 6) is -1.34. The molecule has 0 radical (unpaired) electrons. The van der Waals surface area contributed by atoms with Crippen LogP contribution in [0.1, 0.15) is 18.9 Å². The fourth-order valence-corrected chi connectivity index (χ4v) is 1.35. The number of hydrogen-bond acceptors (Lipinski definition) is 3. The summed E-state index contributed by atoms with van der Waals surface area (Å²) >= 11 is 0. The summed E-state index contributed by atoms with van der Waals surface area (Å²) in [7, 11) is 1.29. The summed E-state index contributed by atoms with van der Waals surface area (Å²) in [6.45, 7) is 0. The number of methoxy groups -OCH3 is 1. The Hall–Kier alpha value is -1.78. The van der Waals surface area contributed by atoms with Gasteiger partial charge in [-0.2, -0.15) is 0 Å². The molecule has 0 fully saturated rings. The molecule has 1 aromatic rings. The number of ether oxygens (including phenoxy) is 1. The predicted octanol–water partition coefficient (Wildman–Crippen LogP) is 1.07. The van der Waals surface area contributed by atoms with Crippen LogP contribution in [-0.4, -0.2) is 28.7 Å². The number of hydrogen-bond donors (Lipinski definition) is 1. The quantitative estimate of drug-likeness (QED) is 0.739. The summed E-state index contributed by atoms with van der Waals surface area (Å²) < 4.78 is 6.21. The van der Waals surface area contributed by atoms with Crippen molar-refractivity contribution in [3.8, 4) is 0 Å². The predicted molar refractivity (Wildman–Crippen MR) is 52.4 cm³/mol. The molecule has 0 aromatic carbocycles. The highest BCUT2D eigenvalue weighted by Gasteiger charge is 2.18. The van der Waals surface area contributed by atoms with E-state index in [1.165, 1.54) is 7.11 Å². The first-order valence-electron chi connectivity index (χ1n) is 4.54. The summed E-state index contributed by atoms with van der Waals surface area (Å²) in [5.41, 5.74) is 0. The van der Waals surface area contributed by atoms with Crippen LogP contribution in [0.5, 0.6) is 0 Å². The number of aliphatic carboxylic acids is 1. The first kappa shape index (κ1) is 11.3. The molecular formula is C10H13NO4. The zero-order valence-electron chi connectivity index (χ0n) is 8.42. The molecule has 0 aliphatic carbocycles.